The van der Waals surface area contributed by atoms with Gasteiger partial charge >= 0.3 is 0 Å². The molecule has 17 heavy (non-hydrogen) atoms. The molecule has 1 aromatic heterocycles. The fourth-order valence-electron chi connectivity index (χ4n) is 2.35. The van der Waals surface area contributed by atoms with Gasteiger partial charge < -0.3 is 10.5 Å². The van der Waals surface area contributed by atoms with E-state index < -0.39 is 0 Å². The Bertz CT molecular complexity index is 353. The first-order valence-electron chi connectivity index (χ1n) is 6.36. The van der Waals surface area contributed by atoms with Gasteiger partial charge in [-0.1, -0.05) is 0 Å². The molecule has 96 valence electrons. The quantitative estimate of drug-likeness (QED) is 0.862. The van der Waals surface area contributed by atoms with E-state index in [2.05, 4.69) is 23.9 Å². The normalized spacial score (nSPS) is 26.1. The Morgan fingerprint density at radius 2 is 2.29 bits per heavy atom. The van der Waals surface area contributed by atoms with Crippen LogP contribution >= 0.6 is 0 Å². The number of aromatic nitrogens is 3. The highest BCUT2D eigenvalue weighted by atomic mass is 16.5. The van der Waals surface area contributed by atoms with E-state index >= 15 is 0 Å². The van der Waals surface area contributed by atoms with Crippen molar-refractivity contribution >= 4 is 0 Å². The lowest BCUT2D eigenvalue weighted by Crippen LogP contribution is -2.43. The first-order chi connectivity index (χ1) is 8.11. The van der Waals surface area contributed by atoms with Gasteiger partial charge in [0.05, 0.1) is 0 Å². The largest absolute Gasteiger partial charge is 0.381 e. The van der Waals surface area contributed by atoms with Crippen LogP contribution in [0.5, 0.6) is 0 Å². The average Bonchev–Trinajstić information content (AvgIpc) is 2.61. The molecule has 0 aromatic carbocycles. The van der Waals surface area contributed by atoms with Crippen molar-refractivity contribution in [3.8, 4) is 0 Å². The van der Waals surface area contributed by atoms with Gasteiger partial charge in [0.25, 0.3) is 0 Å². The number of hydrogen-bond donors (Lipinski definition) is 1. The molecule has 1 fully saturated rings. The molecule has 5 nitrogen and oxygen atoms in total. The Morgan fingerprint density at radius 1 is 1.47 bits per heavy atom. The van der Waals surface area contributed by atoms with Crippen LogP contribution in [0.2, 0.25) is 0 Å². The molecule has 5 heteroatoms. The summed E-state index contributed by atoms with van der Waals surface area (Å²) in [5, 5.41) is 4.25. The summed E-state index contributed by atoms with van der Waals surface area (Å²) in [5.74, 6) is 0.990. The van der Waals surface area contributed by atoms with Gasteiger partial charge in [0.15, 0.2) is 0 Å². The molecule has 2 N–H and O–H groups in total. The molecular weight excluding hydrogens is 216 g/mol. The molecule has 1 aromatic rings. The Morgan fingerprint density at radius 3 is 3.06 bits per heavy atom. The van der Waals surface area contributed by atoms with Gasteiger partial charge in [0.2, 0.25) is 0 Å². The number of ether oxygens (including phenoxy) is 1. The second-order valence-electron chi connectivity index (χ2n) is 5.22. The lowest BCUT2D eigenvalue weighted by atomic mass is 9.88. The van der Waals surface area contributed by atoms with Crippen molar-refractivity contribution in [3.63, 3.8) is 0 Å². The van der Waals surface area contributed by atoms with Crippen LogP contribution in [0, 0.1) is 0 Å². The predicted molar refractivity (Wildman–Crippen MR) is 65.7 cm³/mol. The van der Waals surface area contributed by atoms with Crippen LogP contribution in [0.3, 0.4) is 0 Å². The minimum absolute atomic E-state index is 0.184. The predicted octanol–water partition coefficient (Wildman–Crippen LogP) is 1.30. The van der Waals surface area contributed by atoms with Gasteiger partial charge in [0.1, 0.15) is 12.2 Å². The molecule has 1 unspecified atom stereocenters. The third-order valence-corrected chi connectivity index (χ3v) is 3.35. The van der Waals surface area contributed by atoms with Crippen LogP contribution in [0.1, 0.15) is 45.0 Å². The van der Waals surface area contributed by atoms with E-state index in [1.54, 1.807) is 6.33 Å². The zero-order chi connectivity index (χ0) is 12.3. The lowest BCUT2D eigenvalue weighted by Gasteiger charge is -2.27. The number of hydrogen-bond acceptors (Lipinski definition) is 4. The van der Waals surface area contributed by atoms with E-state index in [1.807, 2.05) is 4.68 Å². The highest BCUT2D eigenvalue weighted by Gasteiger charge is 2.29. The van der Waals surface area contributed by atoms with Crippen molar-refractivity contribution in [3.05, 3.63) is 12.2 Å². The van der Waals surface area contributed by atoms with Gasteiger partial charge in [-0.3, -0.25) is 0 Å². The topological polar surface area (TPSA) is 66.0 Å². The second kappa shape index (κ2) is 5.14. The third-order valence-electron chi connectivity index (χ3n) is 3.35. The number of nitrogens with zero attached hydrogens (tertiary/aromatic N) is 3. The van der Waals surface area contributed by atoms with E-state index in [4.69, 9.17) is 10.5 Å². The minimum Gasteiger partial charge on any atom is -0.381 e. The van der Waals surface area contributed by atoms with Crippen LogP contribution in [0.15, 0.2) is 6.33 Å². The van der Waals surface area contributed by atoms with Crippen molar-refractivity contribution in [1.82, 2.24) is 14.8 Å². The number of rotatable bonds is 3. The van der Waals surface area contributed by atoms with Gasteiger partial charge in [0, 0.05) is 31.2 Å². The van der Waals surface area contributed by atoms with Gasteiger partial charge in [-0.25, -0.2) is 9.67 Å². The van der Waals surface area contributed by atoms with E-state index in [0.717, 1.165) is 44.7 Å². The zero-order valence-corrected chi connectivity index (χ0v) is 10.7. The van der Waals surface area contributed by atoms with Crippen molar-refractivity contribution in [2.75, 3.05) is 13.2 Å². The molecule has 1 aliphatic heterocycles. The first-order valence-corrected chi connectivity index (χ1v) is 6.36. The van der Waals surface area contributed by atoms with Crippen LogP contribution < -0.4 is 5.73 Å². The summed E-state index contributed by atoms with van der Waals surface area (Å²) >= 11 is 0. The van der Waals surface area contributed by atoms with Crippen LogP contribution in [0.4, 0.5) is 0 Å². The molecule has 2 heterocycles. The fraction of sp³-hybridized carbons (Fsp3) is 0.833. The lowest BCUT2D eigenvalue weighted by molar-refractivity contribution is 0.139. The zero-order valence-electron chi connectivity index (χ0n) is 10.7. The van der Waals surface area contributed by atoms with Crippen LogP contribution in [-0.4, -0.2) is 33.5 Å². The maximum absolute atomic E-state index is 6.46. The molecule has 0 bridgehead atoms. The van der Waals surface area contributed by atoms with Crippen molar-refractivity contribution < 1.29 is 4.74 Å². The molecule has 0 aliphatic carbocycles. The summed E-state index contributed by atoms with van der Waals surface area (Å²) in [5.41, 5.74) is 6.27. The van der Waals surface area contributed by atoms with Gasteiger partial charge in [-0.15, -0.1) is 0 Å². The highest BCUT2D eigenvalue weighted by molar-refractivity contribution is 4.99. The summed E-state index contributed by atoms with van der Waals surface area (Å²) < 4.78 is 7.42. The highest BCUT2D eigenvalue weighted by Crippen LogP contribution is 2.23. The Hall–Kier alpha value is -0.940. The molecule has 1 atom stereocenters. The average molecular weight is 238 g/mol. The van der Waals surface area contributed by atoms with E-state index in [-0.39, 0.29) is 5.54 Å². The van der Waals surface area contributed by atoms with Crippen molar-refractivity contribution in [2.45, 2.75) is 51.1 Å². The van der Waals surface area contributed by atoms with Crippen molar-refractivity contribution in [2.24, 2.45) is 5.73 Å². The Kier molecular flexibility index (Phi) is 3.79. The van der Waals surface area contributed by atoms with Crippen molar-refractivity contribution in [1.29, 1.82) is 0 Å². The van der Waals surface area contributed by atoms with E-state index in [0.29, 0.717) is 6.04 Å². The monoisotopic (exact) mass is 238 g/mol. The molecule has 0 spiro atoms. The Labute approximate surface area is 102 Å². The fourth-order valence-corrected chi connectivity index (χ4v) is 2.35. The van der Waals surface area contributed by atoms with E-state index in [1.165, 1.54) is 0 Å². The van der Waals surface area contributed by atoms with Gasteiger partial charge in [-0.05, 0) is 33.1 Å². The molecule has 1 aliphatic rings. The molecule has 0 saturated carbocycles. The molecule has 2 rings (SSSR count). The second-order valence-corrected chi connectivity index (χ2v) is 5.22. The van der Waals surface area contributed by atoms with Gasteiger partial charge in [-0.2, -0.15) is 5.10 Å². The van der Waals surface area contributed by atoms with E-state index in [9.17, 15) is 0 Å². The SMILES string of the molecule is CC(C)n1ncnc1CC1(N)CCCOCC1. The molecule has 0 radical (unpaired) electrons. The smallest absolute Gasteiger partial charge is 0.138 e. The summed E-state index contributed by atoms with van der Waals surface area (Å²) in [6, 6.07) is 0.332. The molecular formula is C12H22N4O. The summed E-state index contributed by atoms with van der Waals surface area (Å²) in [7, 11) is 0. The maximum Gasteiger partial charge on any atom is 0.138 e. The standard InChI is InChI=1S/C12H22N4O/c1-10(2)16-11(14-9-15-16)8-12(13)4-3-6-17-7-5-12/h9-10H,3-8,13H2,1-2H3. The van der Waals surface area contributed by atoms with Crippen LogP contribution in [-0.2, 0) is 11.2 Å². The summed E-state index contributed by atoms with van der Waals surface area (Å²) in [6.07, 6.45) is 5.34. The first kappa shape index (κ1) is 12.5. The minimum atomic E-state index is -0.184. The van der Waals surface area contributed by atoms with Crippen LogP contribution in [0.25, 0.3) is 0 Å². The number of nitrogens with two attached hydrogens (primary N) is 1. The maximum atomic E-state index is 6.46. The summed E-state index contributed by atoms with van der Waals surface area (Å²) in [4.78, 5) is 4.34. The Balaban J connectivity index is 2.10. The molecule has 0 amide bonds. The summed E-state index contributed by atoms with van der Waals surface area (Å²) in [6.45, 7) is 5.80. The molecule has 1 saturated heterocycles. The third kappa shape index (κ3) is 3.04.